The van der Waals surface area contributed by atoms with Gasteiger partial charge in [0.2, 0.25) is 5.91 Å². The lowest BCUT2D eigenvalue weighted by molar-refractivity contribution is -0.917. The molecule has 23 heavy (non-hydrogen) atoms. The van der Waals surface area contributed by atoms with Crippen LogP contribution in [0.1, 0.15) is 10.4 Å². The van der Waals surface area contributed by atoms with Crippen LogP contribution in [0.25, 0.3) is 6.08 Å². The Morgan fingerprint density at radius 2 is 1.91 bits per heavy atom. The van der Waals surface area contributed by atoms with Gasteiger partial charge in [0.1, 0.15) is 6.54 Å². The molecule has 1 aliphatic rings. The Kier molecular flexibility index (Phi) is 5.65. The predicted octanol–water partition coefficient (Wildman–Crippen LogP) is 2.45. The smallest absolute Gasteiger partial charge is 0.247 e. The Hall–Kier alpha value is -1.43. The monoisotopic (exact) mass is 391 g/mol. The molecule has 5 heteroatoms. The molecule has 3 rings (SSSR count). The van der Waals surface area contributed by atoms with Crippen molar-refractivity contribution in [2.75, 3.05) is 26.2 Å². The van der Waals surface area contributed by atoms with Crippen LogP contribution in [0.3, 0.4) is 0 Å². The van der Waals surface area contributed by atoms with E-state index < -0.39 is 0 Å². The summed E-state index contributed by atoms with van der Waals surface area (Å²) < 4.78 is 1.09. The zero-order valence-corrected chi connectivity index (χ0v) is 15.3. The van der Waals surface area contributed by atoms with Crippen LogP contribution in [0.5, 0.6) is 0 Å². The van der Waals surface area contributed by atoms with E-state index in [-0.39, 0.29) is 5.91 Å². The molecule has 1 saturated heterocycles. The molecule has 0 saturated carbocycles. The highest BCUT2D eigenvalue weighted by atomic mass is 79.9. The molecule has 2 aromatic rings. The molecule has 1 aromatic heterocycles. The molecule has 0 radical (unpaired) electrons. The number of thiophene rings is 1. The summed E-state index contributed by atoms with van der Waals surface area (Å²) in [6.07, 6.45) is 3.60. The molecule has 3 nitrogen and oxygen atoms in total. The Bertz CT molecular complexity index is 675. The number of benzene rings is 1. The summed E-state index contributed by atoms with van der Waals surface area (Å²) in [6.45, 7) is 4.74. The number of nitrogens with one attached hydrogen (secondary N) is 1. The minimum Gasteiger partial charge on any atom is -0.328 e. The molecular formula is C18H20BrN2OS+. The second-order valence-electron chi connectivity index (χ2n) is 5.71. The molecule has 1 aromatic carbocycles. The van der Waals surface area contributed by atoms with E-state index in [1.807, 2.05) is 29.2 Å². The van der Waals surface area contributed by atoms with Gasteiger partial charge in [0.25, 0.3) is 0 Å². The van der Waals surface area contributed by atoms with Crippen molar-refractivity contribution in [1.29, 1.82) is 0 Å². The van der Waals surface area contributed by atoms with E-state index in [0.29, 0.717) is 0 Å². The zero-order chi connectivity index (χ0) is 16.1. The summed E-state index contributed by atoms with van der Waals surface area (Å²) in [4.78, 5) is 16.9. The SMILES string of the molecule is O=C(/C=C/c1ccc(Br)s1)N1CC[NH+](Cc2ccccc2)CC1. The van der Waals surface area contributed by atoms with Gasteiger partial charge in [-0.05, 0) is 34.1 Å². The summed E-state index contributed by atoms with van der Waals surface area (Å²) >= 11 is 5.07. The van der Waals surface area contributed by atoms with Crippen LogP contribution in [-0.2, 0) is 11.3 Å². The number of piperazine rings is 1. The van der Waals surface area contributed by atoms with Crippen LogP contribution in [0.2, 0.25) is 0 Å². The maximum absolute atomic E-state index is 12.3. The van der Waals surface area contributed by atoms with E-state index in [1.165, 1.54) is 5.56 Å². The number of carbonyl (C=O) groups is 1. The number of carbonyl (C=O) groups excluding carboxylic acids is 1. The van der Waals surface area contributed by atoms with Crippen LogP contribution in [0.4, 0.5) is 0 Å². The topological polar surface area (TPSA) is 24.8 Å². The van der Waals surface area contributed by atoms with Crippen molar-refractivity contribution in [3.8, 4) is 0 Å². The summed E-state index contributed by atoms with van der Waals surface area (Å²) in [6, 6.07) is 14.6. The average molecular weight is 392 g/mol. The minimum atomic E-state index is 0.119. The highest BCUT2D eigenvalue weighted by Crippen LogP contribution is 2.23. The fraction of sp³-hybridized carbons (Fsp3) is 0.278. The van der Waals surface area contributed by atoms with Gasteiger partial charge in [-0.1, -0.05) is 30.3 Å². The lowest BCUT2D eigenvalue weighted by Gasteiger charge is -2.31. The number of hydrogen-bond donors (Lipinski definition) is 1. The lowest BCUT2D eigenvalue weighted by Crippen LogP contribution is -3.13. The third-order valence-corrected chi connectivity index (χ3v) is 5.65. The maximum atomic E-state index is 12.3. The molecule has 0 spiro atoms. The van der Waals surface area contributed by atoms with Gasteiger partial charge in [-0.2, -0.15) is 0 Å². The third kappa shape index (κ3) is 4.77. The van der Waals surface area contributed by atoms with Gasteiger partial charge < -0.3 is 9.80 Å². The fourth-order valence-electron chi connectivity index (χ4n) is 2.78. The van der Waals surface area contributed by atoms with Gasteiger partial charge in [0.05, 0.1) is 30.0 Å². The van der Waals surface area contributed by atoms with Crippen molar-refractivity contribution in [2.45, 2.75) is 6.54 Å². The van der Waals surface area contributed by atoms with Crippen LogP contribution in [0, 0.1) is 0 Å². The summed E-state index contributed by atoms with van der Waals surface area (Å²) in [5, 5.41) is 0. The highest BCUT2D eigenvalue weighted by molar-refractivity contribution is 9.11. The fourth-order valence-corrected chi connectivity index (χ4v) is 4.11. The van der Waals surface area contributed by atoms with Crippen LogP contribution >= 0.6 is 27.3 Å². The summed E-state index contributed by atoms with van der Waals surface area (Å²) in [5.41, 5.74) is 1.37. The largest absolute Gasteiger partial charge is 0.328 e. The number of hydrogen-bond acceptors (Lipinski definition) is 2. The minimum absolute atomic E-state index is 0.119. The van der Waals surface area contributed by atoms with Gasteiger partial charge in [-0.15, -0.1) is 11.3 Å². The summed E-state index contributed by atoms with van der Waals surface area (Å²) in [7, 11) is 0. The van der Waals surface area contributed by atoms with Crippen molar-refractivity contribution in [3.05, 3.63) is 62.8 Å². The lowest BCUT2D eigenvalue weighted by atomic mass is 10.2. The Balaban J connectivity index is 1.48. The molecule has 1 N–H and O–H groups in total. The average Bonchev–Trinajstić information content (AvgIpc) is 3.00. The number of rotatable bonds is 4. The van der Waals surface area contributed by atoms with E-state index in [2.05, 4.69) is 40.2 Å². The van der Waals surface area contributed by atoms with E-state index >= 15 is 0 Å². The zero-order valence-electron chi connectivity index (χ0n) is 12.9. The van der Waals surface area contributed by atoms with Gasteiger partial charge in [0, 0.05) is 16.5 Å². The molecule has 0 atom stereocenters. The number of quaternary nitrogens is 1. The highest BCUT2D eigenvalue weighted by Gasteiger charge is 2.22. The molecule has 0 unspecified atom stereocenters. The molecule has 1 aliphatic heterocycles. The number of nitrogens with zero attached hydrogens (tertiary/aromatic N) is 1. The van der Waals surface area contributed by atoms with Crippen molar-refractivity contribution >= 4 is 39.2 Å². The first-order valence-corrected chi connectivity index (χ1v) is 9.41. The van der Waals surface area contributed by atoms with Crippen molar-refractivity contribution in [1.82, 2.24) is 4.90 Å². The second kappa shape index (κ2) is 7.90. The Morgan fingerprint density at radius 1 is 1.17 bits per heavy atom. The molecule has 1 amide bonds. The van der Waals surface area contributed by atoms with Gasteiger partial charge in [-0.25, -0.2) is 0 Å². The second-order valence-corrected chi connectivity index (χ2v) is 8.21. The van der Waals surface area contributed by atoms with E-state index in [4.69, 9.17) is 0 Å². The van der Waals surface area contributed by atoms with Crippen LogP contribution in [-0.4, -0.2) is 37.0 Å². The first kappa shape index (κ1) is 16.4. The predicted molar refractivity (Wildman–Crippen MR) is 98.5 cm³/mol. The van der Waals surface area contributed by atoms with Crippen molar-refractivity contribution in [2.24, 2.45) is 0 Å². The molecule has 2 heterocycles. The normalized spacial score (nSPS) is 16.1. The number of halogens is 1. The van der Waals surface area contributed by atoms with Gasteiger partial charge >= 0.3 is 0 Å². The first-order valence-electron chi connectivity index (χ1n) is 7.80. The molecule has 0 bridgehead atoms. The Morgan fingerprint density at radius 3 is 2.57 bits per heavy atom. The third-order valence-electron chi connectivity index (χ3n) is 4.06. The van der Waals surface area contributed by atoms with E-state index in [0.717, 1.165) is 41.4 Å². The quantitative estimate of drug-likeness (QED) is 0.795. The first-order chi connectivity index (χ1) is 11.2. The van der Waals surface area contributed by atoms with Gasteiger partial charge in [-0.3, -0.25) is 4.79 Å². The molecule has 1 fully saturated rings. The van der Waals surface area contributed by atoms with Crippen LogP contribution < -0.4 is 4.90 Å². The van der Waals surface area contributed by atoms with Crippen LogP contribution in [0.15, 0.2) is 52.3 Å². The van der Waals surface area contributed by atoms with E-state index in [9.17, 15) is 4.79 Å². The van der Waals surface area contributed by atoms with Crippen molar-refractivity contribution < 1.29 is 9.69 Å². The molecule has 120 valence electrons. The maximum Gasteiger partial charge on any atom is 0.247 e. The standard InChI is InChI=1S/C18H19BrN2OS/c19-17-8-6-16(23-17)7-9-18(22)21-12-10-20(11-13-21)14-15-4-2-1-3-5-15/h1-9H,10-14H2/p+1/b9-7+. The molecule has 0 aliphatic carbocycles. The Labute approximate surface area is 149 Å². The van der Waals surface area contributed by atoms with Crippen molar-refractivity contribution in [3.63, 3.8) is 0 Å². The molecular weight excluding hydrogens is 372 g/mol. The van der Waals surface area contributed by atoms with Gasteiger partial charge in [0.15, 0.2) is 0 Å². The number of amides is 1. The van der Waals surface area contributed by atoms with E-state index in [1.54, 1.807) is 22.3 Å². The summed E-state index contributed by atoms with van der Waals surface area (Å²) in [5.74, 6) is 0.119.